The molecule has 2 atom stereocenters. The van der Waals surface area contributed by atoms with Crippen LogP contribution < -0.4 is 0 Å². The van der Waals surface area contributed by atoms with Crippen molar-refractivity contribution in [1.29, 1.82) is 5.26 Å². The third kappa shape index (κ3) is 2.46. The van der Waals surface area contributed by atoms with Crippen LogP contribution in [-0.2, 0) is 5.88 Å². The Hall–Kier alpha value is -1.53. The van der Waals surface area contributed by atoms with Crippen molar-refractivity contribution < 1.29 is 0 Å². The van der Waals surface area contributed by atoms with Crippen molar-refractivity contribution in [2.75, 3.05) is 0 Å². The Kier molecular flexibility index (Phi) is 4.11. The summed E-state index contributed by atoms with van der Waals surface area (Å²) in [6.07, 6.45) is 1.10. The lowest BCUT2D eigenvalue weighted by atomic mass is 10.0. The summed E-state index contributed by atoms with van der Waals surface area (Å²) in [6.45, 7) is 6.59. The number of hydrogen-bond donors (Lipinski definition) is 0. The average molecular weight is 276 g/mol. The number of rotatable bonds is 4. The minimum Gasteiger partial charge on any atom is -0.324 e. The van der Waals surface area contributed by atoms with E-state index in [9.17, 15) is 0 Å². The molecule has 19 heavy (non-hydrogen) atoms. The molecule has 0 aliphatic rings. The summed E-state index contributed by atoms with van der Waals surface area (Å²) in [4.78, 5) is 4.57. The van der Waals surface area contributed by atoms with Crippen LogP contribution in [0.2, 0.25) is 0 Å². The lowest BCUT2D eigenvalue weighted by molar-refractivity contribution is 0.371. The largest absolute Gasteiger partial charge is 0.324 e. The summed E-state index contributed by atoms with van der Waals surface area (Å²) in [5.74, 6) is 1.79. The van der Waals surface area contributed by atoms with Gasteiger partial charge in [-0.1, -0.05) is 20.3 Å². The molecule has 0 bridgehead atoms. The highest BCUT2D eigenvalue weighted by molar-refractivity contribution is 6.16. The Balaban J connectivity index is 2.65. The summed E-state index contributed by atoms with van der Waals surface area (Å²) in [5.41, 5.74) is 2.57. The van der Waals surface area contributed by atoms with E-state index in [1.165, 1.54) is 0 Å². The van der Waals surface area contributed by atoms with E-state index < -0.39 is 0 Å². The van der Waals surface area contributed by atoms with E-state index in [1.807, 2.05) is 12.1 Å². The van der Waals surface area contributed by atoms with Crippen molar-refractivity contribution in [2.24, 2.45) is 5.92 Å². The van der Waals surface area contributed by atoms with Crippen LogP contribution in [0.3, 0.4) is 0 Å². The number of fused-ring (bicyclic) bond motifs is 1. The number of aromatic nitrogens is 2. The zero-order valence-corrected chi connectivity index (χ0v) is 12.3. The molecule has 2 rings (SSSR count). The zero-order valence-electron chi connectivity index (χ0n) is 11.5. The minimum absolute atomic E-state index is 0.317. The summed E-state index contributed by atoms with van der Waals surface area (Å²) >= 11 is 6.02. The van der Waals surface area contributed by atoms with Gasteiger partial charge in [0, 0.05) is 6.04 Å². The van der Waals surface area contributed by atoms with Crippen LogP contribution in [0.4, 0.5) is 0 Å². The molecule has 0 saturated heterocycles. The van der Waals surface area contributed by atoms with E-state index in [2.05, 4.69) is 36.4 Å². The van der Waals surface area contributed by atoms with Crippen LogP contribution in [0.25, 0.3) is 11.0 Å². The van der Waals surface area contributed by atoms with Crippen molar-refractivity contribution in [3.05, 3.63) is 29.6 Å². The van der Waals surface area contributed by atoms with E-state index in [4.69, 9.17) is 16.9 Å². The SMILES string of the molecule is CCC(C)C(C)n1c(CCl)nc2ccc(C#N)cc21. The van der Waals surface area contributed by atoms with Gasteiger partial charge in [0.25, 0.3) is 0 Å². The minimum atomic E-state index is 0.317. The first kappa shape index (κ1) is 13.9. The van der Waals surface area contributed by atoms with Crippen molar-refractivity contribution >= 4 is 22.6 Å². The predicted octanol–water partition coefficient (Wildman–Crippen LogP) is 4.25. The highest BCUT2D eigenvalue weighted by Crippen LogP contribution is 2.28. The molecule has 0 aliphatic carbocycles. The molecule has 1 aromatic heterocycles. The monoisotopic (exact) mass is 275 g/mol. The fourth-order valence-corrected chi connectivity index (χ4v) is 2.55. The van der Waals surface area contributed by atoms with Crippen molar-refractivity contribution in [1.82, 2.24) is 9.55 Å². The van der Waals surface area contributed by atoms with Crippen molar-refractivity contribution in [3.8, 4) is 6.07 Å². The number of benzene rings is 1. The smallest absolute Gasteiger partial charge is 0.125 e. The van der Waals surface area contributed by atoms with Gasteiger partial charge in [-0.3, -0.25) is 0 Å². The molecule has 3 nitrogen and oxygen atoms in total. The van der Waals surface area contributed by atoms with E-state index in [0.29, 0.717) is 23.4 Å². The summed E-state index contributed by atoms with van der Waals surface area (Å²) in [7, 11) is 0. The molecule has 2 unspecified atom stereocenters. The summed E-state index contributed by atoms with van der Waals surface area (Å²) < 4.78 is 2.18. The number of hydrogen-bond acceptors (Lipinski definition) is 2. The van der Waals surface area contributed by atoms with Crippen molar-refractivity contribution in [2.45, 2.75) is 39.1 Å². The molecule has 0 N–H and O–H groups in total. The molecule has 0 saturated carbocycles. The maximum absolute atomic E-state index is 9.04. The van der Waals surface area contributed by atoms with Gasteiger partial charge in [-0.2, -0.15) is 5.26 Å². The molecule has 0 amide bonds. The first-order valence-corrected chi connectivity index (χ1v) is 7.12. The van der Waals surface area contributed by atoms with Gasteiger partial charge in [0.2, 0.25) is 0 Å². The summed E-state index contributed by atoms with van der Waals surface area (Å²) in [6, 6.07) is 8.09. The third-order valence-corrected chi connectivity index (χ3v) is 4.12. The number of nitriles is 1. The second-order valence-electron chi connectivity index (χ2n) is 4.97. The Labute approximate surface area is 118 Å². The second-order valence-corrected chi connectivity index (χ2v) is 5.24. The van der Waals surface area contributed by atoms with Gasteiger partial charge in [-0.15, -0.1) is 11.6 Å². The van der Waals surface area contributed by atoms with Gasteiger partial charge in [0.15, 0.2) is 0 Å². The zero-order chi connectivity index (χ0) is 14.0. The normalized spacial score (nSPS) is 14.3. The highest BCUT2D eigenvalue weighted by Gasteiger charge is 2.19. The van der Waals surface area contributed by atoms with E-state index in [1.54, 1.807) is 6.07 Å². The van der Waals surface area contributed by atoms with E-state index in [0.717, 1.165) is 23.3 Å². The molecule has 0 aliphatic heterocycles. The molecule has 100 valence electrons. The molecule has 0 fully saturated rings. The highest BCUT2D eigenvalue weighted by atomic mass is 35.5. The Morgan fingerprint density at radius 1 is 1.42 bits per heavy atom. The van der Waals surface area contributed by atoms with Crippen LogP contribution in [-0.4, -0.2) is 9.55 Å². The Bertz CT molecular complexity index is 624. The van der Waals surface area contributed by atoms with Gasteiger partial charge < -0.3 is 4.57 Å². The predicted molar refractivity (Wildman–Crippen MR) is 78.2 cm³/mol. The molecule has 0 radical (unpaired) electrons. The fourth-order valence-electron chi connectivity index (χ4n) is 2.36. The van der Waals surface area contributed by atoms with E-state index in [-0.39, 0.29) is 0 Å². The third-order valence-electron chi connectivity index (χ3n) is 3.89. The molecule has 1 aromatic carbocycles. The molecule has 2 aromatic rings. The van der Waals surface area contributed by atoms with Crippen LogP contribution in [0.15, 0.2) is 18.2 Å². The topological polar surface area (TPSA) is 41.6 Å². The van der Waals surface area contributed by atoms with Gasteiger partial charge in [-0.25, -0.2) is 4.98 Å². The quantitative estimate of drug-likeness (QED) is 0.783. The maximum atomic E-state index is 9.04. The molecule has 1 heterocycles. The number of nitrogens with zero attached hydrogens (tertiary/aromatic N) is 3. The maximum Gasteiger partial charge on any atom is 0.125 e. The number of imidazole rings is 1. The van der Waals surface area contributed by atoms with Crippen LogP contribution in [0.1, 0.15) is 44.6 Å². The van der Waals surface area contributed by atoms with Gasteiger partial charge in [0.05, 0.1) is 28.5 Å². The lowest BCUT2D eigenvalue weighted by Crippen LogP contribution is -2.15. The lowest BCUT2D eigenvalue weighted by Gasteiger charge is -2.22. The molecule has 0 spiro atoms. The van der Waals surface area contributed by atoms with Crippen LogP contribution in [0, 0.1) is 17.2 Å². The Morgan fingerprint density at radius 3 is 2.74 bits per heavy atom. The van der Waals surface area contributed by atoms with Crippen LogP contribution >= 0.6 is 11.6 Å². The second kappa shape index (κ2) is 5.63. The van der Waals surface area contributed by atoms with Gasteiger partial charge >= 0.3 is 0 Å². The first-order valence-electron chi connectivity index (χ1n) is 6.59. The Morgan fingerprint density at radius 2 is 2.16 bits per heavy atom. The van der Waals surface area contributed by atoms with Crippen LogP contribution in [0.5, 0.6) is 0 Å². The van der Waals surface area contributed by atoms with Gasteiger partial charge in [-0.05, 0) is 31.0 Å². The molecular weight excluding hydrogens is 258 g/mol. The van der Waals surface area contributed by atoms with E-state index >= 15 is 0 Å². The average Bonchev–Trinajstić information content (AvgIpc) is 2.82. The fraction of sp³-hybridized carbons (Fsp3) is 0.467. The van der Waals surface area contributed by atoms with Crippen molar-refractivity contribution in [3.63, 3.8) is 0 Å². The summed E-state index contributed by atoms with van der Waals surface area (Å²) in [5, 5.41) is 9.04. The number of alkyl halides is 1. The standard InChI is InChI=1S/C15H18ClN3/c1-4-10(2)11(3)19-14-7-12(9-17)5-6-13(14)18-15(19)8-16/h5-7,10-11H,4,8H2,1-3H3. The first-order chi connectivity index (χ1) is 9.12. The molecule has 4 heteroatoms. The number of halogens is 1. The van der Waals surface area contributed by atoms with Gasteiger partial charge in [0.1, 0.15) is 5.82 Å². The molecular formula is C15H18ClN3.